The fourth-order valence-corrected chi connectivity index (χ4v) is 2.72. The second-order valence-corrected chi connectivity index (χ2v) is 5.59. The first-order valence-electron chi connectivity index (χ1n) is 5.24. The molecule has 0 spiro atoms. The van der Waals surface area contributed by atoms with E-state index >= 15 is 0 Å². The van der Waals surface area contributed by atoms with E-state index in [1.54, 1.807) is 12.1 Å². The van der Waals surface area contributed by atoms with Crippen LogP contribution in [0, 0.1) is 3.57 Å². The van der Waals surface area contributed by atoms with Crippen molar-refractivity contribution in [3.8, 4) is 0 Å². The summed E-state index contributed by atoms with van der Waals surface area (Å²) in [6, 6.07) is 3.38. The Labute approximate surface area is 124 Å². The lowest BCUT2D eigenvalue weighted by atomic mass is 10.1. The molecule has 0 fully saturated rings. The molecular formula is C12H6ClIN2O3. The van der Waals surface area contributed by atoms with Crippen LogP contribution in [0.1, 0.15) is 10.4 Å². The maximum atomic E-state index is 11.9. The number of pyridine rings is 1. The third kappa shape index (κ3) is 1.82. The minimum absolute atomic E-state index is 0.0734. The first-order valence-corrected chi connectivity index (χ1v) is 6.70. The highest BCUT2D eigenvalue weighted by Crippen LogP contribution is 2.29. The number of carbonyl (C=O) groups is 1. The lowest BCUT2D eigenvalue weighted by Gasteiger charge is -2.04. The van der Waals surface area contributed by atoms with E-state index in [1.807, 2.05) is 0 Å². The summed E-state index contributed by atoms with van der Waals surface area (Å²) >= 11 is 8.07. The number of fused-ring (bicyclic) bond motifs is 3. The van der Waals surface area contributed by atoms with Gasteiger partial charge in [-0.1, -0.05) is 11.6 Å². The molecule has 0 aliphatic rings. The van der Waals surface area contributed by atoms with Crippen LogP contribution in [0.4, 0.5) is 0 Å². The van der Waals surface area contributed by atoms with Crippen LogP contribution in [0.5, 0.6) is 0 Å². The van der Waals surface area contributed by atoms with Gasteiger partial charge in [0.1, 0.15) is 5.52 Å². The number of hydrogen-bond acceptors (Lipinski definition) is 2. The summed E-state index contributed by atoms with van der Waals surface area (Å²) in [6.45, 7) is 0. The molecule has 0 amide bonds. The SMILES string of the molecule is O=C(O)c1c[nH]c2c(=O)[nH]c3cc(Cl)c(I)cc3c12. The standard InChI is InChI=1S/C12H6ClIN2O3/c13-6-2-8-4(1-7(6)14)9-5(12(18)19)3-15-10(9)11(17)16-8/h1-3,15H,(H,16,17)(H,18,19). The van der Waals surface area contributed by atoms with Crippen molar-refractivity contribution in [2.45, 2.75) is 0 Å². The lowest BCUT2D eigenvalue weighted by Crippen LogP contribution is -2.07. The number of H-pyrrole nitrogens is 2. The predicted octanol–water partition coefficient (Wildman–Crippen LogP) is 2.97. The van der Waals surface area contributed by atoms with Crippen LogP contribution in [0.25, 0.3) is 21.8 Å². The highest BCUT2D eigenvalue weighted by molar-refractivity contribution is 14.1. The number of aromatic nitrogens is 2. The van der Waals surface area contributed by atoms with Crippen LogP contribution in [0.15, 0.2) is 23.1 Å². The van der Waals surface area contributed by atoms with Crippen molar-refractivity contribution >= 4 is 62.0 Å². The summed E-state index contributed by atoms with van der Waals surface area (Å²) < 4.78 is 0.789. The normalized spacial score (nSPS) is 11.3. The molecule has 7 heteroatoms. The molecule has 0 saturated carbocycles. The second-order valence-electron chi connectivity index (χ2n) is 4.02. The average Bonchev–Trinajstić information content (AvgIpc) is 2.77. The molecule has 0 radical (unpaired) electrons. The third-order valence-corrected chi connectivity index (χ3v) is 4.44. The van der Waals surface area contributed by atoms with Crippen LogP contribution in [-0.4, -0.2) is 21.0 Å². The van der Waals surface area contributed by atoms with Gasteiger partial charge in [-0.3, -0.25) is 4.79 Å². The van der Waals surface area contributed by atoms with Gasteiger partial charge in [-0.05, 0) is 34.7 Å². The smallest absolute Gasteiger partial charge is 0.337 e. The zero-order valence-corrected chi connectivity index (χ0v) is 12.2. The Morgan fingerprint density at radius 3 is 2.79 bits per heavy atom. The summed E-state index contributed by atoms with van der Waals surface area (Å²) in [6.07, 6.45) is 1.32. The van der Waals surface area contributed by atoms with E-state index in [4.69, 9.17) is 11.6 Å². The highest BCUT2D eigenvalue weighted by atomic mass is 127. The van der Waals surface area contributed by atoms with E-state index in [2.05, 4.69) is 32.6 Å². The van der Waals surface area contributed by atoms with E-state index in [0.717, 1.165) is 3.57 Å². The molecule has 3 aromatic rings. The maximum absolute atomic E-state index is 11.9. The van der Waals surface area contributed by atoms with E-state index in [1.165, 1.54) is 6.20 Å². The number of carboxylic acid groups (broad SMARTS) is 1. The van der Waals surface area contributed by atoms with E-state index < -0.39 is 5.97 Å². The Morgan fingerprint density at radius 2 is 2.11 bits per heavy atom. The van der Waals surface area contributed by atoms with Gasteiger partial charge in [-0.15, -0.1) is 0 Å². The summed E-state index contributed by atoms with van der Waals surface area (Å²) in [5.74, 6) is -1.08. The largest absolute Gasteiger partial charge is 0.478 e. The molecule has 0 aliphatic heterocycles. The Bertz CT molecular complexity index is 897. The van der Waals surface area contributed by atoms with Crippen LogP contribution in [0.3, 0.4) is 0 Å². The number of aromatic carboxylic acids is 1. The molecule has 0 bridgehead atoms. The fraction of sp³-hybridized carbons (Fsp3) is 0. The van der Waals surface area contributed by atoms with Gasteiger partial charge in [0.15, 0.2) is 0 Å². The van der Waals surface area contributed by atoms with Crippen molar-refractivity contribution in [1.82, 2.24) is 9.97 Å². The molecular weight excluding hydrogens is 383 g/mol. The molecule has 0 unspecified atom stereocenters. The molecule has 2 aromatic heterocycles. The maximum Gasteiger partial charge on any atom is 0.337 e. The van der Waals surface area contributed by atoms with E-state index in [0.29, 0.717) is 21.3 Å². The molecule has 0 atom stereocenters. The summed E-state index contributed by atoms with van der Waals surface area (Å²) in [4.78, 5) is 28.5. The van der Waals surface area contributed by atoms with Gasteiger partial charge in [0.05, 0.1) is 16.1 Å². The summed E-state index contributed by atoms with van der Waals surface area (Å²) in [5, 5.41) is 10.8. The predicted molar refractivity (Wildman–Crippen MR) is 81.1 cm³/mol. The quantitative estimate of drug-likeness (QED) is 0.560. The second kappa shape index (κ2) is 4.24. The lowest BCUT2D eigenvalue weighted by molar-refractivity contribution is 0.0699. The van der Waals surface area contributed by atoms with E-state index in [9.17, 15) is 14.7 Å². The molecule has 19 heavy (non-hydrogen) atoms. The molecule has 2 heterocycles. The molecule has 0 aliphatic carbocycles. The van der Waals surface area contributed by atoms with Crippen LogP contribution in [0.2, 0.25) is 5.02 Å². The van der Waals surface area contributed by atoms with Crippen LogP contribution < -0.4 is 5.56 Å². The number of rotatable bonds is 1. The average molecular weight is 389 g/mol. The summed E-state index contributed by atoms with van der Waals surface area (Å²) in [7, 11) is 0. The first-order chi connectivity index (χ1) is 8.99. The number of hydrogen-bond donors (Lipinski definition) is 3. The van der Waals surface area contributed by atoms with Gasteiger partial charge in [0, 0.05) is 20.5 Å². The molecule has 5 nitrogen and oxygen atoms in total. The van der Waals surface area contributed by atoms with Crippen molar-refractivity contribution in [3.63, 3.8) is 0 Å². The van der Waals surface area contributed by atoms with Gasteiger partial charge < -0.3 is 15.1 Å². The van der Waals surface area contributed by atoms with Crippen molar-refractivity contribution in [2.24, 2.45) is 0 Å². The Balaban J connectivity index is 2.63. The van der Waals surface area contributed by atoms with Crippen LogP contribution >= 0.6 is 34.2 Å². The zero-order chi connectivity index (χ0) is 13.7. The molecule has 3 rings (SSSR count). The highest BCUT2D eigenvalue weighted by Gasteiger charge is 2.17. The minimum Gasteiger partial charge on any atom is -0.478 e. The third-order valence-electron chi connectivity index (χ3n) is 2.92. The van der Waals surface area contributed by atoms with Gasteiger partial charge >= 0.3 is 5.97 Å². The van der Waals surface area contributed by atoms with Crippen LogP contribution in [-0.2, 0) is 0 Å². The Hall–Kier alpha value is -1.54. The zero-order valence-electron chi connectivity index (χ0n) is 9.25. The molecule has 1 aromatic carbocycles. The molecule has 0 saturated heterocycles. The monoisotopic (exact) mass is 388 g/mol. The number of carboxylic acids is 1. The van der Waals surface area contributed by atoms with Crippen molar-refractivity contribution in [1.29, 1.82) is 0 Å². The molecule has 3 N–H and O–H groups in total. The van der Waals surface area contributed by atoms with Gasteiger partial charge in [0.2, 0.25) is 0 Å². The Kier molecular flexibility index (Phi) is 2.79. The van der Waals surface area contributed by atoms with Gasteiger partial charge in [-0.25, -0.2) is 4.79 Å². The van der Waals surface area contributed by atoms with Crippen molar-refractivity contribution in [3.05, 3.63) is 42.8 Å². The van der Waals surface area contributed by atoms with Crippen molar-refractivity contribution < 1.29 is 9.90 Å². The number of nitrogens with one attached hydrogen (secondary N) is 2. The first kappa shape index (κ1) is 12.5. The minimum atomic E-state index is -1.08. The van der Waals surface area contributed by atoms with E-state index in [-0.39, 0.29) is 16.6 Å². The van der Waals surface area contributed by atoms with Gasteiger partial charge in [-0.2, -0.15) is 0 Å². The number of benzene rings is 1. The fourth-order valence-electron chi connectivity index (χ4n) is 2.09. The topological polar surface area (TPSA) is 85.9 Å². The number of aromatic amines is 2. The molecule has 96 valence electrons. The number of halogens is 2. The van der Waals surface area contributed by atoms with Gasteiger partial charge in [0.25, 0.3) is 5.56 Å². The Morgan fingerprint density at radius 1 is 1.37 bits per heavy atom. The summed E-state index contributed by atoms with van der Waals surface area (Å²) in [5.41, 5.74) is 0.476. The van der Waals surface area contributed by atoms with Crippen molar-refractivity contribution in [2.75, 3.05) is 0 Å².